The van der Waals surface area contributed by atoms with E-state index in [1.165, 1.54) is 19.3 Å². The lowest BCUT2D eigenvalue weighted by molar-refractivity contribution is -0.301. The fourth-order valence-electron chi connectivity index (χ4n) is 6.22. The predicted molar refractivity (Wildman–Crippen MR) is 234 cm³/mol. The van der Waals surface area contributed by atoms with E-state index in [1.807, 2.05) is 0 Å². The first kappa shape index (κ1) is 54.6. The highest BCUT2D eigenvalue weighted by atomic mass is 32.3. The molecule has 1 aliphatic heterocycles. The molecule has 0 saturated carbocycles. The largest absolute Gasteiger partial charge is 0.457 e. The molecule has 13 heteroatoms. The number of ether oxygens (including phenoxy) is 4. The summed E-state index contributed by atoms with van der Waals surface area (Å²) < 4.78 is 58.9. The molecular formula is C46H78O12S. The predicted octanol–water partition coefficient (Wildman–Crippen LogP) is 9.13. The van der Waals surface area contributed by atoms with E-state index in [0.29, 0.717) is 13.0 Å². The summed E-state index contributed by atoms with van der Waals surface area (Å²) in [5, 5.41) is 30.6. The van der Waals surface area contributed by atoms with Gasteiger partial charge in [0.25, 0.3) is 0 Å². The lowest BCUT2D eigenvalue weighted by Gasteiger charge is -2.41. The summed E-state index contributed by atoms with van der Waals surface area (Å²) in [6.07, 6.45) is 37.9. The van der Waals surface area contributed by atoms with Crippen LogP contribution in [0.5, 0.6) is 0 Å². The van der Waals surface area contributed by atoms with Crippen LogP contribution < -0.4 is 0 Å². The van der Waals surface area contributed by atoms with Gasteiger partial charge in [-0.1, -0.05) is 132 Å². The summed E-state index contributed by atoms with van der Waals surface area (Å²) in [4.78, 5) is 12.8. The fourth-order valence-corrected chi connectivity index (χ4v) is 6.73. The van der Waals surface area contributed by atoms with Gasteiger partial charge in [-0.25, -0.2) is 4.18 Å². The van der Waals surface area contributed by atoms with Crippen molar-refractivity contribution in [2.75, 3.05) is 26.4 Å². The van der Waals surface area contributed by atoms with Gasteiger partial charge in [0.2, 0.25) is 0 Å². The minimum Gasteiger partial charge on any atom is -0.457 e. The molecule has 340 valence electrons. The van der Waals surface area contributed by atoms with E-state index in [1.54, 1.807) is 0 Å². The molecule has 6 atom stereocenters. The number of rotatable bonds is 37. The van der Waals surface area contributed by atoms with E-state index < -0.39 is 59.8 Å². The smallest absolute Gasteiger partial charge is 0.397 e. The molecule has 0 aromatic carbocycles. The van der Waals surface area contributed by atoms with E-state index >= 15 is 0 Å². The Morgan fingerprint density at radius 1 is 0.661 bits per heavy atom. The third-order valence-corrected chi connectivity index (χ3v) is 10.0. The van der Waals surface area contributed by atoms with Crippen LogP contribution in [0, 0.1) is 0 Å². The SMILES string of the molecule is CC/C=C\C/C=C\C/C=C\C/C=C\C/C=C\CCCCCCOCC(COC1OC(CO)C(O)C(OS(=O)(=O)O)C1O)OC(=O)CCCCCCC/C=C\CCCCC. The van der Waals surface area contributed by atoms with Crippen LogP contribution in [-0.4, -0.2) is 97.5 Å². The molecule has 1 saturated heterocycles. The Labute approximate surface area is 356 Å². The van der Waals surface area contributed by atoms with Crippen molar-refractivity contribution >= 4 is 16.4 Å². The van der Waals surface area contributed by atoms with Crippen molar-refractivity contribution in [2.45, 2.75) is 185 Å². The molecule has 1 heterocycles. The summed E-state index contributed by atoms with van der Waals surface area (Å²) in [5.41, 5.74) is 0. The van der Waals surface area contributed by atoms with Crippen molar-refractivity contribution in [3.8, 4) is 0 Å². The van der Waals surface area contributed by atoms with Crippen molar-refractivity contribution in [1.82, 2.24) is 0 Å². The summed E-state index contributed by atoms with van der Waals surface area (Å²) in [7, 11) is -5.07. The molecule has 0 radical (unpaired) electrons. The zero-order valence-electron chi connectivity index (χ0n) is 36.0. The summed E-state index contributed by atoms with van der Waals surface area (Å²) in [5.74, 6) is -0.423. The Hall–Kier alpha value is -2.46. The second kappa shape index (κ2) is 37.3. The number of unbranched alkanes of at least 4 members (excludes halogenated alkanes) is 12. The number of allylic oxidation sites excluding steroid dienone is 12. The molecule has 4 N–H and O–H groups in total. The average molecular weight is 855 g/mol. The maximum absolute atomic E-state index is 12.8. The molecule has 0 bridgehead atoms. The third-order valence-electron chi connectivity index (χ3n) is 9.56. The Bertz CT molecular complexity index is 1310. The molecule has 59 heavy (non-hydrogen) atoms. The van der Waals surface area contributed by atoms with Gasteiger partial charge >= 0.3 is 16.4 Å². The van der Waals surface area contributed by atoms with Crippen molar-refractivity contribution < 1.29 is 56.2 Å². The lowest BCUT2D eigenvalue weighted by Crippen LogP contribution is -2.60. The van der Waals surface area contributed by atoms with Crippen LogP contribution in [0.15, 0.2) is 72.9 Å². The molecule has 0 aromatic heterocycles. The number of esters is 1. The van der Waals surface area contributed by atoms with Crippen LogP contribution >= 0.6 is 0 Å². The summed E-state index contributed by atoms with van der Waals surface area (Å²) in [6.45, 7) is 3.75. The highest BCUT2D eigenvalue weighted by Crippen LogP contribution is 2.26. The minimum atomic E-state index is -5.07. The molecule has 12 nitrogen and oxygen atoms in total. The van der Waals surface area contributed by atoms with Gasteiger partial charge in [0.05, 0.1) is 19.8 Å². The number of carbonyl (C=O) groups excluding carboxylic acids is 1. The first-order valence-electron chi connectivity index (χ1n) is 22.2. The standard InChI is InChI=1S/C46H78O12S/c1-3-5-7-9-11-13-15-17-18-19-20-21-22-23-24-26-28-30-32-34-36-54-38-40(56-42(48)35-33-31-29-27-25-16-14-12-10-8-6-4-2)39-55-46-44(50)45(58-59(51,52)53)43(49)41(37-47)57-46/h5,7,11-14,17-18,20-21,23-24,40-41,43-47,49-50H,3-4,6,8-10,15-16,19,22,25-39H2,1-2H3,(H,51,52,53)/b7-5-,13-11-,14-12-,18-17-,21-20-,24-23-. The van der Waals surface area contributed by atoms with Gasteiger partial charge in [-0.05, 0) is 83.5 Å². The fraction of sp³-hybridized carbons (Fsp3) is 0.717. The second-order valence-electron chi connectivity index (χ2n) is 14.9. The molecule has 0 aliphatic carbocycles. The van der Waals surface area contributed by atoms with E-state index in [9.17, 15) is 28.5 Å². The molecular weight excluding hydrogens is 777 g/mol. The lowest BCUT2D eigenvalue weighted by atomic mass is 9.99. The van der Waals surface area contributed by atoms with Crippen LogP contribution in [0.25, 0.3) is 0 Å². The highest BCUT2D eigenvalue weighted by Gasteiger charge is 2.48. The van der Waals surface area contributed by atoms with Gasteiger partial charge in [0, 0.05) is 13.0 Å². The van der Waals surface area contributed by atoms with Gasteiger partial charge in [0.15, 0.2) is 6.29 Å². The normalized spacial score (nSPS) is 21.1. The van der Waals surface area contributed by atoms with Crippen LogP contribution in [0.4, 0.5) is 0 Å². The van der Waals surface area contributed by atoms with Gasteiger partial charge in [-0.3, -0.25) is 9.35 Å². The molecule has 0 aromatic rings. The highest BCUT2D eigenvalue weighted by molar-refractivity contribution is 7.80. The number of hydrogen-bond donors (Lipinski definition) is 4. The Balaban J connectivity index is 2.46. The van der Waals surface area contributed by atoms with E-state index in [0.717, 1.165) is 103 Å². The topological polar surface area (TPSA) is 178 Å². The Morgan fingerprint density at radius 2 is 1.17 bits per heavy atom. The average Bonchev–Trinajstić information content (AvgIpc) is 3.20. The Kier molecular flexibility index (Phi) is 34.5. The van der Waals surface area contributed by atoms with Crippen molar-refractivity contribution in [1.29, 1.82) is 0 Å². The molecule has 6 unspecified atom stereocenters. The van der Waals surface area contributed by atoms with E-state index in [2.05, 4.69) is 90.9 Å². The van der Waals surface area contributed by atoms with Crippen LogP contribution in [-0.2, 0) is 38.3 Å². The van der Waals surface area contributed by atoms with Gasteiger partial charge < -0.3 is 34.3 Å². The van der Waals surface area contributed by atoms with Crippen molar-refractivity contribution in [2.24, 2.45) is 0 Å². The Morgan fingerprint density at radius 3 is 1.73 bits per heavy atom. The van der Waals surface area contributed by atoms with Crippen LogP contribution in [0.3, 0.4) is 0 Å². The monoisotopic (exact) mass is 855 g/mol. The van der Waals surface area contributed by atoms with Crippen LogP contribution in [0.1, 0.15) is 149 Å². The zero-order valence-corrected chi connectivity index (χ0v) is 36.8. The number of aliphatic hydroxyl groups excluding tert-OH is 3. The molecule has 1 rings (SSSR count). The molecule has 0 spiro atoms. The van der Waals surface area contributed by atoms with Crippen LogP contribution in [0.2, 0.25) is 0 Å². The minimum absolute atomic E-state index is 0.0115. The number of hydrogen-bond acceptors (Lipinski definition) is 11. The molecule has 1 aliphatic rings. The van der Waals surface area contributed by atoms with E-state index in [-0.39, 0.29) is 19.6 Å². The summed E-state index contributed by atoms with van der Waals surface area (Å²) >= 11 is 0. The maximum Gasteiger partial charge on any atom is 0.397 e. The van der Waals surface area contributed by atoms with E-state index in [4.69, 9.17) is 23.5 Å². The molecule has 0 amide bonds. The third kappa shape index (κ3) is 31.1. The number of carbonyl (C=O) groups is 1. The van der Waals surface area contributed by atoms with Gasteiger partial charge in [0.1, 0.15) is 30.5 Å². The first-order chi connectivity index (χ1) is 28.6. The number of aliphatic hydroxyl groups is 3. The second-order valence-corrected chi connectivity index (χ2v) is 15.9. The van der Waals surface area contributed by atoms with Crippen molar-refractivity contribution in [3.05, 3.63) is 72.9 Å². The summed E-state index contributed by atoms with van der Waals surface area (Å²) in [6, 6.07) is 0. The van der Waals surface area contributed by atoms with Crippen molar-refractivity contribution in [3.63, 3.8) is 0 Å². The zero-order chi connectivity index (χ0) is 43.2. The first-order valence-corrected chi connectivity index (χ1v) is 23.6. The molecule has 1 fully saturated rings. The van der Waals surface area contributed by atoms with Gasteiger partial charge in [-0.15, -0.1) is 0 Å². The van der Waals surface area contributed by atoms with Gasteiger partial charge in [-0.2, -0.15) is 8.42 Å². The maximum atomic E-state index is 12.8. The quantitative estimate of drug-likeness (QED) is 0.0202.